The molecule has 0 aromatic heterocycles. The van der Waals surface area contributed by atoms with Crippen molar-refractivity contribution in [2.75, 3.05) is 32.7 Å². The molecule has 1 saturated carbocycles. The summed E-state index contributed by atoms with van der Waals surface area (Å²) in [5, 5.41) is 3.48. The van der Waals surface area contributed by atoms with E-state index >= 15 is 0 Å². The van der Waals surface area contributed by atoms with Gasteiger partial charge in [-0.2, -0.15) is 0 Å². The highest BCUT2D eigenvalue weighted by molar-refractivity contribution is 6.00. The van der Waals surface area contributed by atoms with Crippen molar-refractivity contribution in [2.45, 2.75) is 62.8 Å². The molecule has 1 saturated heterocycles. The predicted octanol–water partition coefficient (Wildman–Crippen LogP) is 5.57. The Kier molecular flexibility index (Phi) is 8.01. The van der Waals surface area contributed by atoms with Crippen LogP contribution in [0.2, 0.25) is 0 Å². The standard InChI is InChI=1S/C35H41N3O2/c39-33(26-27-12-2-1-3-13-27)38-24-22-37(23-25-38)21-11-10-20-35(34(40)36-28-14-4-5-15-28)31-18-8-6-16-29(31)30-17-7-9-19-32(30)35/h1-3,6-9,12-13,16-19,28H,4-5,10-11,14-15,20-26H2,(H,36,40). The molecule has 6 rings (SSSR count). The highest BCUT2D eigenvalue weighted by Gasteiger charge is 2.48. The Morgan fingerprint density at radius 1 is 0.750 bits per heavy atom. The van der Waals surface area contributed by atoms with Crippen LogP contribution >= 0.6 is 0 Å². The molecule has 1 aliphatic heterocycles. The first-order valence-corrected chi connectivity index (χ1v) is 15.2. The van der Waals surface area contributed by atoms with E-state index in [1.54, 1.807) is 0 Å². The molecule has 5 heteroatoms. The monoisotopic (exact) mass is 535 g/mol. The van der Waals surface area contributed by atoms with Gasteiger partial charge < -0.3 is 10.2 Å². The van der Waals surface area contributed by atoms with Crippen LogP contribution in [0.5, 0.6) is 0 Å². The van der Waals surface area contributed by atoms with Crippen LogP contribution in [0.25, 0.3) is 11.1 Å². The first-order chi connectivity index (χ1) is 19.6. The first kappa shape index (κ1) is 26.8. The van der Waals surface area contributed by atoms with Gasteiger partial charge in [-0.05, 0) is 60.0 Å². The number of unbranched alkanes of at least 4 members (excludes halogenated alkanes) is 1. The molecule has 3 aromatic rings. The molecule has 3 aliphatic rings. The molecule has 1 N–H and O–H groups in total. The number of carbonyl (C=O) groups excluding carboxylic acids is 2. The van der Waals surface area contributed by atoms with E-state index in [0.717, 1.165) is 81.5 Å². The summed E-state index contributed by atoms with van der Waals surface area (Å²) >= 11 is 0. The van der Waals surface area contributed by atoms with Crippen molar-refractivity contribution in [3.63, 3.8) is 0 Å². The van der Waals surface area contributed by atoms with Crippen molar-refractivity contribution in [3.05, 3.63) is 95.6 Å². The van der Waals surface area contributed by atoms with Crippen molar-refractivity contribution in [3.8, 4) is 11.1 Å². The predicted molar refractivity (Wildman–Crippen MR) is 160 cm³/mol. The average molecular weight is 536 g/mol. The minimum atomic E-state index is -0.627. The van der Waals surface area contributed by atoms with Gasteiger partial charge in [0.15, 0.2) is 0 Å². The Balaban J connectivity index is 1.09. The van der Waals surface area contributed by atoms with Crippen molar-refractivity contribution in [1.29, 1.82) is 0 Å². The van der Waals surface area contributed by atoms with Gasteiger partial charge in [0.25, 0.3) is 0 Å². The number of nitrogens with zero attached hydrogens (tertiary/aromatic N) is 2. The van der Waals surface area contributed by atoms with Gasteiger partial charge in [0.2, 0.25) is 11.8 Å². The van der Waals surface area contributed by atoms with Gasteiger partial charge in [-0.25, -0.2) is 0 Å². The fraction of sp³-hybridized carbons (Fsp3) is 0.429. The SMILES string of the molecule is O=C(Cc1ccccc1)N1CCN(CCCCC2(C(=O)NC3CCCC3)c3ccccc3-c3ccccc32)CC1. The lowest BCUT2D eigenvalue weighted by Gasteiger charge is -2.35. The van der Waals surface area contributed by atoms with Crippen LogP contribution in [0.3, 0.4) is 0 Å². The number of hydrogen-bond acceptors (Lipinski definition) is 3. The Bertz CT molecular complexity index is 1280. The number of fused-ring (bicyclic) bond motifs is 3. The number of hydrogen-bond donors (Lipinski definition) is 1. The van der Waals surface area contributed by atoms with E-state index in [9.17, 15) is 9.59 Å². The lowest BCUT2D eigenvalue weighted by atomic mass is 9.73. The van der Waals surface area contributed by atoms with E-state index in [0.29, 0.717) is 12.5 Å². The third-order valence-corrected chi connectivity index (χ3v) is 9.34. The zero-order chi connectivity index (χ0) is 27.4. The normalized spacial score (nSPS) is 18.4. The smallest absolute Gasteiger partial charge is 0.235 e. The van der Waals surface area contributed by atoms with E-state index < -0.39 is 5.41 Å². The molecule has 2 amide bonds. The second kappa shape index (κ2) is 12.0. The molecule has 3 aromatic carbocycles. The van der Waals surface area contributed by atoms with Crippen LogP contribution in [-0.4, -0.2) is 60.4 Å². The minimum absolute atomic E-state index is 0.183. The topological polar surface area (TPSA) is 52.7 Å². The zero-order valence-corrected chi connectivity index (χ0v) is 23.5. The van der Waals surface area contributed by atoms with Crippen molar-refractivity contribution in [1.82, 2.24) is 15.1 Å². The van der Waals surface area contributed by atoms with E-state index in [2.05, 4.69) is 58.7 Å². The van der Waals surface area contributed by atoms with E-state index in [4.69, 9.17) is 0 Å². The summed E-state index contributed by atoms with van der Waals surface area (Å²) in [7, 11) is 0. The Hall–Kier alpha value is -3.44. The highest BCUT2D eigenvalue weighted by atomic mass is 16.2. The molecular weight excluding hydrogens is 494 g/mol. The minimum Gasteiger partial charge on any atom is -0.352 e. The Morgan fingerprint density at radius 3 is 2.00 bits per heavy atom. The van der Waals surface area contributed by atoms with Crippen LogP contribution in [0.15, 0.2) is 78.9 Å². The van der Waals surface area contributed by atoms with Gasteiger partial charge in [0.05, 0.1) is 6.42 Å². The highest BCUT2D eigenvalue weighted by Crippen LogP contribution is 2.51. The van der Waals surface area contributed by atoms with Crippen LogP contribution in [0, 0.1) is 0 Å². The van der Waals surface area contributed by atoms with Crippen molar-refractivity contribution >= 4 is 11.8 Å². The third kappa shape index (κ3) is 5.32. The van der Waals surface area contributed by atoms with Gasteiger partial charge in [-0.3, -0.25) is 14.5 Å². The average Bonchev–Trinajstić information content (AvgIpc) is 3.61. The second-order valence-corrected chi connectivity index (χ2v) is 11.8. The maximum atomic E-state index is 14.2. The molecule has 40 heavy (non-hydrogen) atoms. The Morgan fingerprint density at radius 2 is 1.35 bits per heavy atom. The third-order valence-electron chi connectivity index (χ3n) is 9.34. The summed E-state index contributed by atoms with van der Waals surface area (Å²) in [5.41, 5.74) is 5.19. The molecule has 0 bridgehead atoms. The van der Waals surface area contributed by atoms with Crippen molar-refractivity contribution in [2.24, 2.45) is 0 Å². The molecule has 0 radical (unpaired) electrons. The summed E-state index contributed by atoms with van der Waals surface area (Å²) in [5.74, 6) is 0.405. The zero-order valence-electron chi connectivity index (χ0n) is 23.5. The number of piperazine rings is 1. The van der Waals surface area contributed by atoms with Gasteiger partial charge in [-0.15, -0.1) is 0 Å². The molecule has 0 unspecified atom stereocenters. The number of nitrogens with one attached hydrogen (secondary N) is 1. The van der Waals surface area contributed by atoms with Crippen LogP contribution in [-0.2, 0) is 21.4 Å². The van der Waals surface area contributed by atoms with Gasteiger partial charge in [0.1, 0.15) is 5.41 Å². The van der Waals surface area contributed by atoms with Crippen LogP contribution < -0.4 is 5.32 Å². The fourth-order valence-corrected chi connectivity index (χ4v) is 7.16. The molecule has 1 heterocycles. The molecule has 5 nitrogen and oxygen atoms in total. The number of benzene rings is 3. The number of amides is 2. The van der Waals surface area contributed by atoms with Gasteiger partial charge >= 0.3 is 0 Å². The van der Waals surface area contributed by atoms with Crippen LogP contribution in [0.1, 0.15) is 61.6 Å². The molecule has 2 fully saturated rings. The van der Waals surface area contributed by atoms with Crippen molar-refractivity contribution < 1.29 is 9.59 Å². The quantitative estimate of drug-likeness (QED) is 0.365. The lowest BCUT2D eigenvalue weighted by molar-refractivity contribution is -0.132. The fourth-order valence-electron chi connectivity index (χ4n) is 7.16. The number of rotatable bonds is 9. The van der Waals surface area contributed by atoms with Crippen LogP contribution in [0.4, 0.5) is 0 Å². The molecule has 2 aliphatic carbocycles. The molecular formula is C35H41N3O2. The largest absolute Gasteiger partial charge is 0.352 e. The summed E-state index contributed by atoms with van der Waals surface area (Å²) in [6.07, 6.45) is 7.90. The lowest BCUT2D eigenvalue weighted by Crippen LogP contribution is -2.49. The molecule has 208 valence electrons. The molecule has 0 spiro atoms. The summed E-state index contributed by atoms with van der Waals surface area (Å²) in [6, 6.07) is 27.4. The molecule has 0 atom stereocenters. The first-order valence-electron chi connectivity index (χ1n) is 15.2. The van der Waals surface area contributed by atoms with E-state index in [1.165, 1.54) is 24.0 Å². The summed E-state index contributed by atoms with van der Waals surface area (Å²) in [6.45, 7) is 4.42. The maximum Gasteiger partial charge on any atom is 0.235 e. The summed E-state index contributed by atoms with van der Waals surface area (Å²) in [4.78, 5) is 31.5. The maximum absolute atomic E-state index is 14.2. The Labute approximate surface area is 238 Å². The van der Waals surface area contributed by atoms with E-state index in [-0.39, 0.29) is 11.8 Å². The van der Waals surface area contributed by atoms with E-state index in [1.807, 2.05) is 35.2 Å². The van der Waals surface area contributed by atoms with Gasteiger partial charge in [0, 0.05) is 32.2 Å². The van der Waals surface area contributed by atoms with Gasteiger partial charge in [-0.1, -0.05) is 98.1 Å². The second-order valence-electron chi connectivity index (χ2n) is 11.8. The summed E-state index contributed by atoms with van der Waals surface area (Å²) < 4.78 is 0. The number of carbonyl (C=O) groups is 2.